The van der Waals surface area contributed by atoms with Gasteiger partial charge in [0.1, 0.15) is 0 Å². The van der Waals surface area contributed by atoms with Crippen molar-refractivity contribution in [2.45, 2.75) is 39.2 Å². The minimum Gasteiger partial charge on any atom is -0.324 e. The molecule has 1 atom stereocenters. The van der Waals surface area contributed by atoms with Gasteiger partial charge in [-0.1, -0.05) is 41.8 Å². The van der Waals surface area contributed by atoms with E-state index < -0.39 is 0 Å². The average Bonchev–Trinajstić information content (AvgIpc) is 2.12. The van der Waals surface area contributed by atoms with Crippen molar-refractivity contribution in [3.63, 3.8) is 0 Å². The van der Waals surface area contributed by atoms with E-state index in [1.165, 1.54) is 24.0 Å². The molecule has 0 unspecified atom stereocenters. The maximum absolute atomic E-state index is 6.10. The molecular weight excluding hydrogens is 238 g/mol. The second-order valence-electron chi connectivity index (χ2n) is 3.81. The average molecular weight is 256 g/mol. The number of unbranched alkanes of at least 4 members (excludes halogenated alkanes) is 1. The van der Waals surface area contributed by atoms with E-state index in [1.54, 1.807) is 0 Å². The molecule has 0 saturated heterocycles. The van der Waals surface area contributed by atoms with Crippen molar-refractivity contribution in [1.82, 2.24) is 0 Å². The van der Waals surface area contributed by atoms with Crippen LogP contribution in [0.2, 0.25) is 0 Å². The van der Waals surface area contributed by atoms with Crippen LogP contribution in [0, 0.1) is 6.92 Å². The Morgan fingerprint density at radius 2 is 2.07 bits per heavy atom. The number of benzene rings is 1. The summed E-state index contributed by atoms with van der Waals surface area (Å²) >= 11 is 3.49. The molecule has 1 aromatic carbocycles. The van der Waals surface area contributed by atoms with Crippen molar-refractivity contribution in [3.8, 4) is 0 Å². The molecule has 2 heteroatoms. The topological polar surface area (TPSA) is 26.0 Å². The van der Waals surface area contributed by atoms with Crippen molar-refractivity contribution in [1.29, 1.82) is 0 Å². The van der Waals surface area contributed by atoms with E-state index in [1.807, 2.05) is 0 Å². The molecule has 14 heavy (non-hydrogen) atoms. The Balaban J connectivity index is 2.73. The molecule has 0 fully saturated rings. The van der Waals surface area contributed by atoms with E-state index in [-0.39, 0.29) is 6.04 Å². The molecule has 1 rings (SSSR count). The molecule has 0 radical (unpaired) electrons. The van der Waals surface area contributed by atoms with Gasteiger partial charge in [-0.05, 0) is 36.6 Å². The summed E-state index contributed by atoms with van der Waals surface area (Å²) in [5.74, 6) is 0. The van der Waals surface area contributed by atoms with Crippen molar-refractivity contribution < 1.29 is 0 Å². The lowest BCUT2D eigenvalue weighted by molar-refractivity contribution is 0.603. The summed E-state index contributed by atoms with van der Waals surface area (Å²) in [6.45, 7) is 4.29. The van der Waals surface area contributed by atoms with Gasteiger partial charge in [0.15, 0.2) is 0 Å². The van der Waals surface area contributed by atoms with Crippen LogP contribution in [-0.2, 0) is 0 Å². The van der Waals surface area contributed by atoms with Crippen molar-refractivity contribution >= 4 is 15.9 Å². The van der Waals surface area contributed by atoms with Crippen LogP contribution >= 0.6 is 15.9 Å². The third-order valence-electron chi connectivity index (χ3n) is 2.36. The maximum atomic E-state index is 6.10. The van der Waals surface area contributed by atoms with Crippen LogP contribution in [0.4, 0.5) is 0 Å². The van der Waals surface area contributed by atoms with Gasteiger partial charge in [0.25, 0.3) is 0 Å². The van der Waals surface area contributed by atoms with Gasteiger partial charge in [-0.15, -0.1) is 0 Å². The molecule has 1 aromatic rings. The first-order valence-corrected chi connectivity index (χ1v) is 5.95. The molecule has 0 saturated carbocycles. The summed E-state index contributed by atoms with van der Waals surface area (Å²) in [4.78, 5) is 0. The Morgan fingerprint density at radius 3 is 2.64 bits per heavy atom. The van der Waals surface area contributed by atoms with Gasteiger partial charge in [0.2, 0.25) is 0 Å². The zero-order valence-electron chi connectivity index (χ0n) is 8.89. The van der Waals surface area contributed by atoms with Crippen molar-refractivity contribution in [3.05, 3.63) is 33.8 Å². The number of rotatable bonds is 4. The quantitative estimate of drug-likeness (QED) is 0.867. The summed E-state index contributed by atoms with van der Waals surface area (Å²) in [5.41, 5.74) is 8.60. The largest absolute Gasteiger partial charge is 0.324 e. The van der Waals surface area contributed by atoms with E-state index in [4.69, 9.17) is 5.73 Å². The van der Waals surface area contributed by atoms with E-state index >= 15 is 0 Å². The van der Waals surface area contributed by atoms with E-state index in [9.17, 15) is 0 Å². The van der Waals surface area contributed by atoms with Crippen LogP contribution in [-0.4, -0.2) is 0 Å². The van der Waals surface area contributed by atoms with Crippen LogP contribution in [0.5, 0.6) is 0 Å². The minimum atomic E-state index is 0.186. The third kappa shape index (κ3) is 3.43. The van der Waals surface area contributed by atoms with Gasteiger partial charge >= 0.3 is 0 Å². The van der Waals surface area contributed by atoms with Crippen LogP contribution in [0.1, 0.15) is 43.4 Å². The molecule has 0 aliphatic carbocycles. The molecule has 0 heterocycles. The number of halogens is 1. The second-order valence-corrected chi connectivity index (χ2v) is 4.73. The first-order chi connectivity index (χ1) is 6.63. The van der Waals surface area contributed by atoms with Gasteiger partial charge in [-0.3, -0.25) is 0 Å². The van der Waals surface area contributed by atoms with E-state index in [0.29, 0.717) is 0 Å². The highest BCUT2D eigenvalue weighted by Crippen LogP contribution is 2.22. The molecule has 0 spiro atoms. The highest BCUT2D eigenvalue weighted by molar-refractivity contribution is 9.10. The molecule has 0 amide bonds. The zero-order chi connectivity index (χ0) is 10.6. The number of hydrogen-bond donors (Lipinski definition) is 1. The number of aryl methyl sites for hydroxylation is 1. The molecule has 2 N–H and O–H groups in total. The number of nitrogens with two attached hydrogens (primary N) is 1. The molecule has 1 nitrogen and oxygen atoms in total. The van der Waals surface area contributed by atoms with Crippen LogP contribution in [0.15, 0.2) is 22.7 Å². The summed E-state index contributed by atoms with van der Waals surface area (Å²) in [7, 11) is 0. The highest BCUT2D eigenvalue weighted by atomic mass is 79.9. The zero-order valence-corrected chi connectivity index (χ0v) is 10.5. The van der Waals surface area contributed by atoms with Gasteiger partial charge in [-0.2, -0.15) is 0 Å². The molecule has 0 bridgehead atoms. The summed E-state index contributed by atoms with van der Waals surface area (Å²) in [5, 5.41) is 0. The fourth-order valence-electron chi connectivity index (χ4n) is 1.57. The summed E-state index contributed by atoms with van der Waals surface area (Å²) in [6.07, 6.45) is 3.49. The molecule has 78 valence electrons. The predicted octanol–water partition coefficient (Wildman–Crippen LogP) is 3.95. The lowest BCUT2D eigenvalue weighted by Crippen LogP contribution is -2.10. The Bertz CT molecular complexity index is 276. The molecular formula is C12H18BrN. The van der Waals surface area contributed by atoms with Gasteiger partial charge in [-0.25, -0.2) is 0 Å². The maximum Gasteiger partial charge on any atom is 0.0295 e. The van der Waals surface area contributed by atoms with E-state index in [0.717, 1.165) is 10.9 Å². The smallest absolute Gasteiger partial charge is 0.0295 e. The lowest BCUT2D eigenvalue weighted by Gasteiger charge is -2.12. The fourth-order valence-corrected chi connectivity index (χ4v) is 2.19. The first-order valence-electron chi connectivity index (χ1n) is 5.16. The second kappa shape index (κ2) is 5.52. The van der Waals surface area contributed by atoms with E-state index in [2.05, 4.69) is 48.0 Å². The Hall–Kier alpha value is -0.340. The molecule has 0 aliphatic rings. The lowest BCUT2D eigenvalue weighted by atomic mass is 10.0. The fraction of sp³-hybridized carbons (Fsp3) is 0.500. The molecule has 0 aromatic heterocycles. The van der Waals surface area contributed by atoms with Crippen molar-refractivity contribution in [2.24, 2.45) is 5.73 Å². The standard InChI is InChI=1S/C12H18BrN/c1-3-4-5-12(14)10-6-9(2)7-11(13)8-10/h6-8,12H,3-5,14H2,1-2H3/t12-/m1/s1. The van der Waals surface area contributed by atoms with Gasteiger partial charge < -0.3 is 5.73 Å². The SMILES string of the molecule is CCCC[C@@H](N)c1cc(C)cc(Br)c1. The predicted molar refractivity (Wildman–Crippen MR) is 65.3 cm³/mol. The first kappa shape index (κ1) is 11.7. The van der Waals surface area contributed by atoms with Crippen LogP contribution in [0.25, 0.3) is 0 Å². The van der Waals surface area contributed by atoms with Crippen LogP contribution in [0.3, 0.4) is 0 Å². The Morgan fingerprint density at radius 1 is 1.36 bits per heavy atom. The Labute approximate surface area is 94.8 Å². The van der Waals surface area contributed by atoms with Crippen molar-refractivity contribution in [2.75, 3.05) is 0 Å². The Kier molecular flexibility index (Phi) is 4.63. The summed E-state index contributed by atoms with van der Waals surface area (Å²) < 4.78 is 1.12. The molecule has 0 aliphatic heterocycles. The monoisotopic (exact) mass is 255 g/mol. The minimum absolute atomic E-state index is 0.186. The van der Waals surface area contributed by atoms with Gasteiger partial charge in [0.05, 0.1) is 0 Å². The van der Waals surface area contributed by atoms with Gasteiger partial charge in [0, 0.05) is 10.5 Å². The normalized spacial score (nSPS) is 12.9. The highest BCUT2D eigenvalue weighted by Gasteiger charge is 2.06. The third-order valence-corrected chi connectivity index (χ3v) is 2.82. The van der Waals surface area contributed by atoms with Crippen LogP contribution < -0.4 is 5.73 Å². The summed E-state index contributed by atoms with van der Waals surface area (Å²) in [6, 6.07) is 6.58. The number of hydrogen-bond acceptors (Lipinski definition) is 1.